The van der Waals surface area contributed by atoms with E-state index in [1.54, 1.807) is 0 Å². The van der Waals surface area contributed by atoms with Crippen LogP contribution in [0, 0.1) is 23.2 Å². The number of nitrogens with zero attached hydrogens (tertiary/aromatic N) is 3. The molecule has 2 heterocycles. The third kappa shape index (κ3) is 3.75. The van der Waals surface area contributed by atoms with Gasteiger partial charge in [0.05, 0.1) is 5.41 Å². The first-order valence-corrected chi connectivity index (χ1v) is 10.6. The molecular formula is C22H32ClN3O. The number of carbonyl (C=O) groups excluding carboxylic acids is 1. The number of hydrogen-bond acceptors (Lipinski definition) is 3. The summed E-state index contributed by atoms with van der Waals surface area (Å²) in [7, 11) is 0. The normalized spacial score (nSPS) is 35.1. The molecule has 0 aromatic carbocycles. The average Bonchev–Trinajstić information content (AvgIpc) is 2.66. The van der Waals surface area contributed by atoms with Gasteiger partial charge in [-0.25, -0.2) is 0 Å². The van der Waals surface area contributed by atoms with E-state index in [2.05, 4.69) is 26.9 Å². The van der Waals surface area contributed by atoms with Crippen LogP contribution in [0.15, 0.2) is 24.4 Å². The molecular weight excluding hydrogens is 358 g/mol. The van der Waals surface area contributed by atoms with E-state index < -0.39 is 0 Å². The number of rotatable bonds is 4. The van der Waals surface area contributed by atoms with Crippen molar-refractivity contribution in [3.05, 3.63) is 30.1 Å². The zero-order chi connectivity index (χ0) is 17.6. The maximum Gasteiger partial charge on any atom is 0.228 e. The Labute approximate surface area is 169 Å². The van der Waals surface area contributed by atoms with E-state index >= 15 is 0 Å². The summed E-state index contributed by atoms with van der Waals surface area (Å²) in [6.07, 6.45) is 10.7. The lowest BCUT2D eigenvalue weighted by Crippen LogP contribution is -2.58. The molecule has 6 rings (SSSR count). The monoisotopic (exact) mass is 389 g/mol. The van der Waals surface area contributed by atoms with Gasteiger partial charge in [-0.05, 0) is 68.4 Å². The van der Waals surface area contributed by atoms with Gasteiger partial charge >= 0.3 is 0 Å². The van der Waals surface area contributed by atoms with E-state index in [4.69, 9.17) is 0 Å². The number of halogens is 1. The summed E-state index contributed by atoms with van der Waals surface area (Å²) in [5, 5.41) is 0. The quantitative estimate of drug-likeness (QED) is 0.791. The van der Waals surface area contributed by atoms with E-state index in [0.29, 0.717) is 5.91 Å². The molecule has 1 amide bonds. The molecule has 0 unspecified atom stereocenters. The Bertz CT molecular complexity index is 621. The standard InChI is InChI=1S/C22H31N3O.ClH/c26-21(22-14-17-11-18(15-22)13-19(12-17)16-22)25-9-7-24(8-10-25)6-4-20-3-1-2-5-23-20;/h1-3,5,17-19H,4,6-16H2;1H. The van der Waals surface area contributed by atoms with Crippen LogP contribution in [0.2, 0.25) is 0 Å². The lowest BCUT2D eigenvalue weighted by molar-refractivity contribution is -0.159. The Hall–Kier alpha value is -1.13. The van der Waals surface area contributed by atoms with Gasteiger partial charge in [-0.1, -0.05) is 6.07 Å². The van der Waals surface area contributed by atoms with Crippen LogP contribution in [0.3, 0.4) is 0 Å². The second-order valence-corrected chi connectivity index (χ2v) is 9.40. The Kier molecular flexibility index (Phi) is 5.48. The van der Waals surface area contributed by atoms with E-state index in [1.807, 2.05) is 12.3 Å². The maximum absolute atomic E-state index is 13.4. The first-order valence-electron chi connectivity index (χ1n) is 10.6. The highest BCUT2D eigenvalue weighted by molar-refractivity contribution is 5.85. The summed E-state index contributed by atoms with van der Waals surface area (Å²) >= 11 is 0. The molecule has 4 nitrogen and oxygen atoms in total. The van der Waals surface area contributed by atoms with Crippen molar-refractivity contribution in [2.75, 3.05) is 32.7 Å². The van der Waals surface area contributed by atoms with Crippen molar-refractivity contribution in [1.82, 2.24) is 14.8 Å². The molecule has 4 aliphatic carbocycles. The van der Waals surface area contributed by atoms with Gasteiger partial charge in [0.1, 0.15) is 0 Å². The van der Waals surface area contributed by atoms with Crippen LogP contribution in [-0.4, -0.2) is 53.4 Å². The Morgan fingerprint density at radius 1 is 1.00 bits per heavy atom. The molecule has 5 fully saturated rings. The lowest BCUT2D eigenvalue weighted by atomic mass is 9.49. The number of carbonyl (C=O) groups is 1. The topological polar surface area (TPSA) is 36.4 Å². The SMILES string of the molecule is Cl.O=C(N1CCN(CCc2ccccn2)CC1)C12CC3CC(CC(C3)C1)C2. The fourth-order valence-electron chi connectivity index (χ4n) is 6.70. The van der Waals surface area contributed by atoms with Crippen molar-refractivity contribution < 1.29 is 4.79 Å². The molecule has 4 saturated carbocycles. The number of pyridine rings is 1. The molecule has 1 aromatic rings. The smallest absolute Gasteiger partial charge is 0.228 e. The predicted octanol–water partition coefficient (Wildman–Crippen LogP) is 3.41. The third-order valence-corrected chi connectivity index (χ3v) is 7.56. The van der Waals surface area contributed by atoms with Gasteiger partial charge in [0, 0.05) is 51.0 Å². The van der Waals surface area contributed by atoms with Crippen LogP contribution < -0.4 is 0 Å². The molecule has 27 heavy (non-hydrogen) atoms. The molecule has 0 radical (unpaired) electrons. The highest BCUT2D eigenvalue weighted by Gasteiger charge is 2.55. The molecule has 5 aliphatic rings. The Morgan fingerprint density at radius 2 is 1.63 bits per heavy atom. The second kappa shape index (κ2) is 7.71. The summed E-state index contributed by atoms with van der Waals surface area (Å²) in [6.45, 7) is 4.93. The molecule has 1 aromatic heterocycles. The van der Waals surface area contributed by atoms with Gasteiger partial charge in [0.2, 0.25) is 5.91 Å². The first-order chi connectivity index (χ1) is 12.7. The van der Waals surface area contributed by atoms with Gasteiger partial charge < -0.3 is 4.90 Å². The zero-order valence-corrected chi connectivity index (χ0v) is 17.0. The lowest BCUT2D eigenvalue weighted by Gasteiger charge is -2.57. The molecule has 5 heteroatoms. The van der Waals surface area contributed by atoms with Gasteiger partial charge in [-0.2, -0.15) is 0 Å². The van der Waals surface area contributed by atoms with Gasteiger partial charge in [0.25, 0.3) is 0 Å². The maximum atomic E-state index is 13.4. The average molecular weight is 390 g/mol. The number of piperazine rings is 1. The third-order valence-electron chi connectivity index (χ3n) is 7.56. The van der Waals surface area contributed by atoms with E-state index in [-0.39, 0.29) is 17.8 Å². The zero-order valence-electron chi connectivity index (χ0n) is 16.2. The largest absolute Gasteiger partial charge is 0.340 e. The number of aromatic nitrogens is 1. The minimum Gasteiger partial charge on any atom is -0.340 e. The van der Waals surface area contributed by atoms with E-state index in [0.717, 1.165) is 56.9 Å². The minimum atomic E-state index is 0. The number of amides is 1. The number of hydrogen-bond donors (Lipinski definition) is 0. The van der Waals surface area contributed by atoms with Crippen molar-refractivity contribution in [3.8, 4) is 0 Å². The summed E-state index contributed by atoms with van der Waals surface area (Å²) in [4.78, 5) is 22.6. The van der Waals surface area contributed by atoms with Crippen LogP contribution in [-0.2, 0) is 11.2 Å². The summed E-state index contributed by atoms with van der Waals surface area (Å²) in [5.41, 5.74) is 1.20. The fraction of sp³-hybridized carbons (Fsp3) is 0.727. The van der Waals surface area contributed by atoms with E-state index in [9.17, 15) is 4.79 Å². The first kappa shape index (κ1) is 19.2. The van der Waals surface area contributed by atoms with Crippen molar-refractivity contribution in [2.24, 2.45) is 23.2 Å². The molecule has 0 atom stereocenters. The Balaban J connectivity index is 0.00000180. The molecule has 1 saturated heterocycles. The van der Waals surface area contributed by atoms with Crippen LogP contribution in [0.4, 0.5) is 0 Å². The van der Waals surface area contributed by atoms with Crippen LogP contribution in [0.1, 0.15) is 44.2 Å². The molecule has 1 aliphatic heterocycles. The van der Waals surface area contributed by atoms with Crippen molar-refractivity contribution >= 4 is 18.3 Å². The molecule has 0 N–H and O–H groups in total. The van der Waals surface area contributed by atoms with Crippen LogP contribution >= 0.6 is 12.4 Å². The molecule has 148 valence electrons. The summed E-state index contributed by atoms with van der Waals surface area (Å²) in [6, 6.07) is 6.13. The summed E-state index contributed by atoms with van der Waals surface area (Å²) in [5.74, 6) is 3.07. The van der Waals surface area contributed by atoms with Crippen LogP contribution in [0.5, 0.6) is 0 Å². The molecule has 4 bridgehead atoms. The molecule has 0 spiro atoms. The van der Waals surface area contributed by atoms with Gasteiger partial charge in [0.15, 0.2) is 0 Å². The fourth-order valence-corrected chi connectivity index (χ4v) is 6.70. The van der Waals surface area contributed by atoms with Crippen molar-refractivity contribution in [3.63, 3.8) is 0 Å². The van der Waals surface area contributed by atoms with Crippen LogP contribution in [0.25, 0.3) is 0 Å². The van der Waals surface area contributed by atoms with Crippen molar-refractivity contribution in [1.29, 1.82) is 0 Å². The van der Waals surface area contributed by atoms with Gasteiger partial charge in [-0.15, -0.1) is 12.4 Å². The highest BCUT2D eigenvalue weighted by Crippen LogP contribution is 2.60. The minimum absolute atomic E-state index is 0. The Morgan fingerprint density at radius 3 is 2.19 bits per heavy atom. The highest BCUT2D eigenvalue weighted by atomic mass is 35.5. The second-order valence-electron chi connectivity index (χ2n) is 9.40. The summed E-state index contributed by atoms with van der Waals surface area (Å²) < 4.78 is 0. The van der Waals surface area contributed by atoms with E-state index in [1.165, 1.54) is 44.2 Å². The predicted molar refractivity (Wildman–Crippen MR) is 109 cm³/mol. The van der Waals surface area contributed by atoms with Gasteiger partial charge in [-0.3, -0.25) is 14.7 Å². The van der Waals surface area contributed by atoms with Crippen molar-refractivity contribution in [2.45, 2.75) is 44.9 Å².